The zero-order chi connectivity index (χ0) is 41.7. The van der Waals surface area contributed by atoms with Crippen LogP contribution in [0.1, 0.15) is 0 Å². The van der Waals surface area contributed by atoms with E-state index in [4.69, 9.17) is 0 Å². The van der Waals surface area contributed by atoms with Gasteiger partial charge in [-0.05, 0) is 0 Å². The first-order valence-electron chi connectivity index (χ1n) is 20.6. The van der Waals surface area contributed by atoms with Gasteiger partial charge >= 0.3 is 368 Å². The molecule has 9 aromatic rings. The van der Waals surface area contributed by atoms with Crippen LogP contribution < -0.4 is 47.7 Å². The summed E-state index contributed by atoms with van der Waals surface area (Å²) < 4.78 is 0. The van der Waals surface area contributed by atoms with Gasteiger partial charge in [0.05, 0.1) is 0 Å². The molecule has 0 aromatic heterocycles. The van der Waals surface area contributed by atoms with Gasteiger partial charge in [-0.3, -0.25) is 0 Å². The fourth-order valence-electron chi connectivity index (χ4n) is 10.3. The fraction of sp³-hybridized carbons (Fsp3) is 0. The Morgan fingerprint density at radius 3 is 0.459 bits per heavy atom. The van der Waals surface area contributed by atoms with Crippen molar-refractivity contribution in [2.75, 3.05) is 0 Å². The van der Waals surface area contributed by atoms with Gasteiger partial charge in [0.2, 0.25) is 0 Å². The van der Waals surface area contributed by atoms with Crippen LogP contribution in [-0.2, 0) is 16.0 Å². The summed E-state index contributed by atoms with van der Waals surface area (Å²) >= 11 is -6.37. The van der Waals surface area contributed by atoms with Crippen molar-refractivity contribution in [3.63, 3.8) is 0 Å². The molecule has 6 heteroatoms. The van der Waals surface area contributed by atoms with Gasteiger partial charge in [0.25, 0.3) is 0 Å². The van der Waals surface area contributed by atoms with Gasteiger partial charge in [-0.1, -0.05) is 0 Å². The Morgan fingerprint density at radius 1 is 0.246 bits per heavy atom. The Balaban J connectivity index is 1.78. The first-order chi connectivity index (χ1) is 30.1. The molecule has 1 nitrogen and oxygen atoms in total. The van der Waals surface area contributed by atoms with E-state index in [2.05, 4.69) is 273 Å². The van der Waals surface area contributed by atoms with Gasteiger partial charge < -0.3 is 0 Å². The van der Waals surface area contributed by atoms with E-state index >= 15 is 4.79 Å². The zero-order valence-corrected chi connectivity index (χ0v) is 39.3. The maximum atomic E-state index is 17.3. The van der Waals surface area contributed by atoms with Crippen molar-refractivity contribution in [1.82, 2.24) is 0 Å². The van der Waals surface area contributed by atoms with Gasteiger partial charge in [0, 0.05) is 0 Å². The molecule has 0 atom stereocenters. The molecule has 61 heavy (non-hydrogen) atoms. The molecular formula is C55H50ClOP3Ru. The molecule has 0 saturated carbocycles. The van der Waals surface area contributed by atoms with Crippen LogP contribution in [0.5, 0.6) is 0 Å². The summed E-state index contributed by atoms with van der Waals surface area (Å²) in [6.07, 6.45) is 0. The van der Waals surface area contributed by atoms with Crippen molar-refractivity contribution < 1.29 is 16.0 Å². The third kappa shape index (κ3) is 5.92. The van der Waals surface area contributed by atoms with E-state index in [1.165, 1.54) is 4.88 Å². The van der Waals surface area contributed by atoms with Crippen LogP contribution in [0.15, 0.2) is 273 Å². The van der Waals surface area contributed by atoms with E-state index in [1.807, 2.05) is 0 Å². The van der Waals surface area contributed by atoms with Crippen molar-refractivity contribution in [2.24, 2.45) is 0 Å². The molecule has 306 valence electrons. The van der Waals surface area contributed by atoms with E-state index in [9.17, 15) is 9.69 Å². The Labute approximate surface area is 365 Å². The predicted molar refractivity (Wildman–Crippen MR) is 274 cm³/mol. The average molecular weight is 956 g/mol. The van der Waals surface area contributed by atoms with Gasteiger partial charge in [-0.15, -0.1) is 0 Å². The molecule has 0 aliphatic heterocycles. The third-order valence-corrected chi connectivity index (χ3v) is 109. The van der Waals surface area contributed by atoms with Crippen molar-refractivity contribution in [2.45, 2.75) is 0 Å². The van der Waals surface area contributed by atoms with Gasteiger partial charge in [0.1, 0.15) is 0 Å². The first-order valence-corrected chi connectivity index (χ1v) is 38.1. The maximum absolute atomic E-state index is 17.3. The molecule has 0 fully saturated rings. The van der Waals surface area contributed by atoms with Crippen LogP contribution in [0, 0.1) is 0 Å². The molecule has 0 unspecified atom stereocenters. The number of hydrogen-bond acceptors (Lipinski definition) is 1. The summed E-state index contributed by atoms with van der Waals surface area (Å²) in [5.41, 5.74) is -12.0. The summed E-state index contributed by atoms with van der Waals surface area (Å²) in [7, 11) is 10.6. The van der Waals surface area contributed by atoms with Crippen LogP contribution in [0.2, 0.25) is 0 Å². The Morgan fingerprint density at radius 2 is 0.361 bits per heavy atom. The van der Waals surface area contributed by atoms with Crippen molar-refractivity contribution >= 4 is 79.1 Å². The quantitative estimate of drug-likeness (QED) is 0.0640. The molecule has 0 bridgehead atoms. The average Bonchev–Trinajstić information content (AvgIpc) is 3.35. The molecule has 0 radical (unpaired) electrons. The van der Waals surface area contributed by atoms with Crippen molar-refractivity contribution in [3.8, 4) is 0 Å². The van der Waals surface area contributed by atoms with Gasteiger partial charge in [-0.25, -0.2) is 0 Å². The minimum atomic E-state index is -6.37. The third-order valence-electron chi connectivity index (χ3n) is 12.4. The molecule has 9 aromatic carbocycles. The number of rotatable bonds is 13. The van der Waals surface area contributed by atoms with E-state index in [1.54, 1.807) is 0 Å². The summed E-state index contributed by atoms with van der Waals surface area (Å²) in [5, 5.41) is 10.3. The van der Waals surface area contributed by atoms with Crippen LogP contribution in [-0.4, -0.2) is 4.88 Å². The summed E-state index contributed by atoms with van der Waals surface area (Å²) in [6, 6.07) is 99.3. The van der Waals surface area contributed by atoms with E-state index in [0.29, 0.717) is 0 Å². The monoisotopic (exact) mass is 956 g/mol. The second kappa shape index (κ2) is 17.3. The number of hydrogen-bond donors (Lipinski definition) is 0. The van der Waals surface area contributed by atoms with Crippen molar-refractivity contribution in [1.29, 1.82) is 0 Å². The second-order valence-corrected chi connectivity index (χ2v) is 70.3. The van der Waals surface area contributed by atoms with Crippen LogP contribution in [0.4, 0.5) is 0 Å². The van der Waals surface area contributed by atoms with Gasteiger partial charge in [-0.2, -0.15) is 0 Å². The molecule has 9 rings (SSSR count). The summed E-state index contributed by atoms with van der Waals surface area (Å²) in [5.74, 6) is 0. The Hall–Kier alpha value is -5.15. The molecule has 0 aliphatic carbocycles. The summed E-state index contributed by atoms with van der Waals surface area (Å²) in [4.78, 5) is 18.8. The SMILES string of the molecule is O=[CH][RuH]([Cl])([PH](c1ccccc1)(c1ccccc1)c1ccccc1)([PH](c1ccccc1)(c1ccccc1)c1ccccc1)[PH](c1ccccc1)(c1ccccc1)c1ccccc1. The molecule has 0 N–H and O–H groups in total. The fourth-order valence-corrected chi connectivity index (χ4v) is 144. The molecule has 0 spiro atoms. The van der Waals surface area contributed by atoms with Crippen LogP contribution >= 0.6 is 26.5 Å². The first kappa shape index (κ1) is 41.2. The number of halogens is 1. The molecular weight excluding hydrogens is 906 g/mol. The van der Waals surface area contributed by atoms with Gasteiger partial charge in [0.15, 0.2) is 0 Å². The van der Waals surface area contributed by atoms with E-state index < -0.39 is 27.9 Å². The Bertz CT molecular complexity index is 2230. The molecule has 0 amide bonds. The van der Waals surface area contributed by atoms with Crippen molar-refractivity contribution in [3.05, 3.63) is 273 Å². The molecule has 0 saturated heterocycles. The second-order valence-electron chi connectivity index (χ2n) is 15.3. The standard InChI is InChI=1S/3C18H15P.CHO.ClH.Ru.H/c3*1-4-10-16(11-5-1)19(17-12-6-2-7-13-17)18-14-8-3-9-15-18;1-2;;;/h3*1-15H;1H;1H;;/q;;;;;-2;/p+2. The van der Waals surface area contributed by atoms with Crippen LogP contribution in [0.3, 0.4) is 0 Å². The topological polar surface area (TPSA) is 17.1 Å². The molecule has 0 heterocycles. The van der Waals surface area contributed by atoms with E-state index in [-0.39, 0.29) is 0 Å². The minimum absolute atomic E-state index is 1.14. The molecule has 0 aliphatic rings. The number of carbonyl (C=O) groups is 1. The Kier molecular flexibility index (Phi) is 11.7. The zero-order valence-electron chi connectivity index (χ0n) is 33.7. The number of benzene rings is 9. The predicted octanol–water partition coefficient (Wildman–Crippen LogP) is 9.68. The summed E-state index contributed by atoms with van der Waals surface area (Å²) in [6.45, 7) is 0. The van der Waals surface area contributed by atoms with Crippen LogP contribution in [0.25, 0.3) is 0 Å². The van der Waals surface area contributed by atoms with E-state index in [0.717, 1.165) is 47.7 Å². The normalized spacial score (nSPS) is 13.6. The number of carbonyl (C=O) groups excluding carboxylic acids is 1.